The maximum atomic E-state index is 6.05. The first-order valence-electron chi connectivity index (χ1n) is 5.80. The predicted octanol–water partition coefficient (Wildman–Crippen LogP) is 2.05. The van der Waals surface area contributed by atoms with Crippen LogP contribution in [0.1, 0.15) is 12.0 Å². The molecule has 0 aromatic heterocycles. The van der Waals surface area contributed by atoms with Gasteiger partial charge in [-0.25, -0.2) is 0 Å². The Labute approximate surface area is 97.2 Å². The van der Waals surface area contributed by atoms with E-state index in [0.717, 1.165) is 25.4 Å². The van der Waals surface area contributed by atoms with E-state index in [1.54, 1.807) is 7.11 Å². The number of ether oxygens (including phenoxy) is 1. The van der Waals surface area contributed by atoms with Crippen molar-refractivity contribution in [3.63, 3.8) is 0 Å². The van der Waals surface area contributed by atoms with Crippen molar-refractivity contribution in [3.8, 4) is 0 Å². The number of hydrogen-bond acceptors (Lipinski definition) is 3. The van der Waals surface area contributed by atoms with Gasteiger partial charge in [0.2, 0.25) is 0 Å². The molecule has 16 heavy (non-hydrogen) atoms. The van der Waals surface area contributed by atoms with Crippen molar-refractivity contribution in [2.75, 3.05) is 37.4 Å². The lowest BCUT2D eigenvalue weighted by Crippen LogP contribution is -2.22. The highest BCUT2D eigenvalue weighted by atomic mass is 16.5. The fraction of sp³-hybridized carbons (Fsp3) is 0.538. The molecule has 2 N–H and O–H groups in total. The summed E-state index contributed by atoms with van der Waals surface area (Å²) < 4.78 is 5.20. The number of nitrogen functional groups attached to an aromatic ring is 1. The largest absolute Gasteiger partial charge is 0.397 e. The van der Waals surface area contributed by atoms with Gasteiger partial charge >= 0.3 is 0 Å². The Bertz CT molecular complexity index is 365. The first-order chi connectivity index (χ1) is 7.70. The zero-order valence-corrected chi connectivity index (χ0v) is 10.1. The molecular weight excluding hydrogens is 200 g/mol. The number of aryl methyl sites for hydroxylation is 1. The molecule has 0 saturated carbocycles. The fourth-order valence-corrected chi connectivity index (χ4v) is 2.39. The highest BCUT2D eigenvalue weighted by Gasteiger charge is 2.23. The molecule has 3 nitrogen and oxygen atoms in total. The Hall–Kier alpha value is -1.22. The first kappa shape index (κ1) is 11.3. The van der Waals surface area contributed by atoms with E-state index in [0.29, 0.717) is 5.92 Å². The third-order valence-corrected chi connectivity index (χ3v) is 3.21. The van der Waals surface area contributed by atoms with Gasteiger partial charge in [-0.05, 0) is 31.0 Å². The third kappa shape index (κ3) is 2.30. The van der Waals surface area contributed by atoms with E-state index in [1.165, 1.54) is 17.7 Å². The summed E-state index contributed by atoms with van der Waals surface area (Å²) in [6.45, 7) is 5.06. The van der Waals surface area contributed by atoms with Gasteiger partial charge in [-0.3, -0.25) is 0 Å². The Balaban J connectivity index is 2.08. The van der Waals surface area contributed by atoms with Crippen LogP contribution < -0.4 is 10.6 Å². The molecule has 1 aliphatic heterocycles. The van der Waals surface area contributed by atoms with Crippen LogP contribution in [-0.4, -0.2) is 26.8 Å². The van der Waals surface area contributed by atoms with E-state index in [2.05, 4.69) is 24.0 Å². The lowest BCUT2D eigenvalue weighted by Gasteiger charge is -2.20. The van der Waals surface area contributed by atoms with Crippen LogP contribution in [0.25, 0.3) is 0 Å². The van der Waals surface area contributed by atoms with E-state index < -0.39 is 0 Å². The van der Waals surface area contributed by atoms with Crippen LogP contribution in [0, 0.1) is 12.8 Å². The van der Waals surface area contributed by atoms with Crippen molar-refractivity contribution in [2.24, 2.45) is 5.92 Å². The second-order valence-corrected chi connectivity index (χ2v) is 4.62. The van der Waals surface area contributed by atoms with Crippen LogP contribution in [0.3, 0.4) is 0 Å². The zero-order valence-electron chi connectivity index (χ0n) is 10.1. The Kier molecular flexibility index (Phi) is 3.34. The second kappa shape index (κ2) is 4.74. The van der Waals surface area contributed by atoms with Gasteiger partial charge < -0.3 is 15.4 Å². The van der Waals surface area contributed by atoms with Gasteiger partial charge in [-0.15, -0.1) is 0 Å². The molecule has 1 atom stereocenters. The molecule has 88 valence electrons. The number of nitrogens with two attached hydrogens (primary N) is 1. The molecule has 1 saturated heterocycles. The lowest BCUT2D eigenvalue weighted by atomic mass is 10.1. The minimum atomic E-state index is 0.644. The number of anilines is 2. The molecule has 1 aromatic carbocycles. The Morgan fingerprint density at radius 3 is 3.00 bits per heavy atom. The van der Waals surface area contributed by atoms with Gasteiger partial charge in [-0.1, -0.05) is 6.07 Å². The van der Waals surface area contributed by atoms with Crippen LogP contribution in [0.5, 0.6) is 0 Å². The SMILES string of the molecule is COCC1CCN(c2ccc(C)cc2N)C1. The van der Waals surface area contributed by atoms with Crippen LogP contribution in [0.2, 0.25) is 0 Å². The summed E-state index contributed by atoms with van der Waals surface area (Å²) in [6.07, 6.45) is 1.20. The van der Waals surface area contributed by atoms with Crippen LogP contribution in [-0.2, 0) is 4.74 Å². The van der Waals surface area contributed by atoms with Crippen LogP contribution >= 0.6 is 0 Å². The second-order valence-electron chi connectivity index (χ2n) is 4.62. The van der Waals surface area contributed by atoms with E-state index in [1.807, 2.05) is 6.07 Å². The van der Waals surface area contributed by atoms with Gasteiger partial charge in [-0.2, -0.15) is 0 Å². The topological polar surface area (TPSA) is 38.5 Å². The van der Waals surface area contributed by atoms with Crippen molar-refractivity contribution in [1.82, 2.24) is 0 Å². The van der Waals surface area contributed by atoms with Gasteiger partial charge in [0.25, 0.3) is 0 Å². The average molecular weight is 220 g/mol. The zero-order chi connectivity index (χ0) is 11.5. The maximum absolute atomic E-state index is 6.05. The Morgan fingerprint density at radius 1 is 1.50 bits per heavy atom. The van der Waals surface area contributed by atoms with E-state index in [-0.39, 0.29) is 0 Å². The Morgan fingerprint density at radius 2 is 2.31 bits per heavy atom. The molecule has 0 radical (unpaired) electrons. The monoisotopic (exact) mass is 220 g/mol. The van der Waals surface area contributed by atoms with Gasteiger partial charge in [0, 0.05) is 26.1 Å². The molecule has 1 aromatic rings. The number of benzene rings is 1. The van der Waals surface area contributed by atoms with Gasteiger partial charge in [0.15, 0.2) is 0 Å². The van der Waals surface area contributed by atoms with Crippen molar-refractivity contribution >= 4 is 11.4 Å². The van der Waals surface area contributed by atoms with Crippen LogP contribution in [0.4, 0.5) is 11.4 Å². The van der Waals surface area contributed by atoms with E-state index in [4.69, 9.17) is 10.5 Å². The predicted molar refractivity (Wildman–Crippen MR) is 67.8 cm³/mol. The molecule has 0 bridgehead atoms. The maximum Gasteiger partial charge on any atom is 0.0600 e. The number of rotatable bonds is 3. The summed E-state index contributed by atoms with van der Waals surface area (Å²) in [6, 6.07) is 6.29. The van der Waals surface area contributed by atoms with Gasteiger partial charge in [0.05, 0.1) is 18.0 Å². The molecule has 1 aliphatic rings. The molecule has 0 spiro atoms. The molecule has 1 fully saturated rings. The van der Waals surface area contributed by atoms with Crippen molar-refractivity contribution < 1.29 is 4.74 Å². The first-order valence-corrected chi connectivity index (χ1v) is 5.80. The van der Waals surface area contributed by atoms with Crippen LogP contribution in [0.15, 0.2) is 18.2 Å². The average Bonchev–Trinajstić information content (AvgIpc) is 2.67. The summed E-state index contributed by atoms with van der Waals surface area (Å²) in [5, 5.41) is 0. The number of nitrogens with zero attached hydrogens (tertiary/aromatic N) is 1. The molecule has 3 heteroatoms. The standard InChI is InChI=1S/C13H20N2O/c1-10-3-4-13(12(14)7-10)15-6-5-11(8-15)9-16-2/h3-4,7,11H,5-6,8-9,14H2,1-2H3. The summed E-state index contributed by atoms with van der Waals surface area (Å²) in [7, 11) is 1.77. The van der Waals surface area contributed by atoms with Crippen molar-refractivity contribution in [3.05, 3.63) is 23.8 Å². The minimum absolute atomic E-state index is 0.644. The summed E-state index contributed by atoms with van der Waals surface area (Å²) in [5.74, 6) is 0.644. The van der Waals surface area contributed by atoms with E-state index >= 15 is 0 Å². The van der Waals surface area contributed by atoms with Crippen molar-refractivity contribution in [1.29, 1.82) is 0 Å². The smallest absolute Gasteiger partial charge is 0.0600 e. The molecule has 0 amide bonds. The summed E-state index contributed by atoms with van der Waals surface area (Å²) >= 11 is 0. The van der Waals surface area contributed by atoms with Gasteiger partial charge in [0.1, 0.15) is 0 Å². The third-order valence-electron chi connectivity index (χ3n) is 3.21. The number of methoxy groups -OCH3 is 1. The molecule has 1 heterocycles. The lowest BCUT2D eigenvalue weighted by molar-refractivity contribution is 0.161. The fourth-order valence-electron chi connectivity index (χ4n) is 2.39. The summed E-state index contributed by atoms with van der Waals surface area (Å²) in [4.78, 5) is 2.36. The molecule has 0 aliphatic carbocycles. The van der Waals surface area contributed by atoms with E-state index in [9.17, 15) is 0 Å². The molecule has 2 rings (SSSR count). The quantitative estimate of drug-likeness (QED) is 0.792. The highest BCUT2D eigenvalue weighted by Crippen LogP contribution is 2.29. The summed E-state index contributed by atoms with van der Waals surface area (Å²) in [5.41, 5.74) is 9.32. The number of hydrogen-bond donors (Lipinski definition) is 1. The normalized spacial score (nSPS) is 20.4. The van der Waals surface area contributed by atoms with Crippen molar-refractivity contribution in [2.45, 2.75) is 13.3 Å². The molecular formula is C13H20N2O. The molecule has 1 unspecified atom stereocenters. The minimum Gasteiger partial charge on any atom is -0.397 e. The highest BCUT2D eigenvalue weighted by molar-refractivity contribution is 5.68.